The van der Waals surface area contributed by atoms with E-state index < -0.39 is 0 Å². The van der Waals surface area contributed by atoms with Crippen molar-refractivity contribution in [1.82, 2.24) is 15.6 Å². The topological polar surface area (TPSA) is 84.2 Å². The van der Waals surface area contributed by atoms with Crippen LogP contribution in [0.4, 0.5) is 0 Å². The lowest BCUT2D eigenvalue weighted by molar-refractivity contribution is -0.125. The number of carbonyl (C=O) groups is 2. The first-order valence-corrected chi connectivity index (χ1v) is 8.05. The van der Waals surface area contributed by atoms with Crippen molar-refractivity contribution in [3.63, 3.8) is 0 Å². The highest BCUT2D eigenvalue weighted by molar-refractivity contribution is 7.99. The van der Waals surface area contributed by atoms with Crippen LogP contribution >= 0.6 is 23.4 Å². The molecule has 0 saturated carbocycles. The molecule has 2 aromatic rings. The summed E-state index contributed by atoms with van der Waals surface area (Å²) in [6, 6.07) is 5.19. The Labute approximate surface area is 137 Å². The van der Waals surface area contributed by atoms with Gasteiger partial charge in [-0.3, -0.25) is 9.59 Å². The molecule has 1 heterocycles. The lowest BCUT2D eigenvalue weighted by Gasteiger charge is -2.08. The van der Waals surface area contributed by atoms with Crippen LogP contribution in [0.5, 0.6) is 0 Å². The lowest BCUT2D eigenvalue weighted by atomic mass is 10.3. The number of nitrogens with zero attached hydrogens (tertiary/aromatic N) is 1. The van der Waals surface area contributed by atoms with E-state index in [1.165, 1.54) is 0 Å². The van der Waals surface area contributed by atoms with Crippen molar-refractivity contribution < 1.29 is 14.0 Å². The largest absolute Gasteiger partial charge is 0.431 e. The van der Waals surface area contributed by atoms with E-state index in [1.807, 2.05) is 13.8 Å². The van der Waals surface area contributed by atoms with Gasteiger partial charge in [0.15, 0.2) is 5.58 Å². The summed E-state index contributed by atoms with van der Waals surface area (Å²) >= 11 is 7.03. The summed E-state index contributed by atoms with van der Waals surface area (Å²) in [6.45, 7) is 3.67. The third kappa shape index (κ3) is 4.92. The summed E-state index contributed by atoms with van der Waals surface area (Å²) in [6.07, 6.45) is 0. The zero-order valence-electron chi connectivity index (χ0n) is 12.2. The number of nitrogens with one attached hydrogen (secondary N) is 2. The van der Waals surface area contributed by atoms with Gasteiger partial charge in [-0.1, -0.05) is 23.4 Å². The number of oxazole rings is 1. The van der Waals surface area contributed by atoms with E-state index >= 15 is 0 Å². The number of rotatable bonds is 6. The number of aromatic nitrogens is 1. The molecule has 1 aromatic heterocycles. The Balaban J connectivity index is 1.81. The van der Waals surface area contributed by atoms with Crippen LogP contribution in [0.2, 0.25) is 5.02 Å². The Bertz CT molecular complexity index is 687. The Morgan fingerprint density at radius 2 is 2.14 bits per heavy atom. The number of carbonyl (C=O) groups excluding carboxylic acids is 2. The minimum Gasteiger partial charge on any atom is -0.431 e. The van der Waals surface area contributed by atoms with Crippen LogP contribution in [0, 0.1) is 0 Å². The molecular formula is C14H16ClN3O3S. The number of hydrogen-bond acceptors (Lipinski definition) is 5. The summed E-state index contributed by atoms with van der Waals surface area (Å²) in [4.78, 5) is 27.3. The number of fused-ring (bicyclic) bond motifs is 1. The lowest BCUT2D eigenvalue weighted by Crippen LogP contribution is -2.40. The molecule has 0 saturated heterocycles. The van der Waals surface area contributed by atoms with Crippen molar-refractivity contribution >= 4 is 46.3 Å². The van der Waals surface area contributed by atoms with Crippen molar-refractivity contribution in [2.45, 2.75) is 25.1 Å². The monoisotopic (exact) mass is 341 g/mol. The Hall–Kier alpha value is -1.73. The summed E-state index contributed by atoms with van der Waals surface area (Å²) in [5.74, 6) is -0.357. The fourth-order valence-electron chi connectivity index (χ4n) is 1.67. The zero-order valence-corrected chi connectivity index (χ0v) is 13.8. The van der Waals surface area contributed by atoms with Gasteiger partial charge in [-0.25, -0.2) is 4.98 Å². The Morgan fingerprint density at radius 3 is 2.86 bits per heavy atom. The van der Waals surface area contributed by atoms with E-state index in [2.05, 4.69) is 15.6 Å². The minimum absolute atomic E-state index is 0.0409. The van der Waals surface area contributed by atoms with Gasteiger partial charge < -0.3 is 15.1 Å². The molecule has 0 radical (unpaired) electrons. The average Bonchev–Trinajstić information content (AvgIpc) is 2.84. The molecule has 2 N–H and O–H groups in total. The SMILES string of the molecule is CC(C)NC(=O)CNC(=O)CSc1nc2ccc(Cl)cc2o1. The Kier molecular flexibility index (Phi) is 5.68. The molecular weight excluding hydrogens is 326 g/mol. The predicted molar refractivity (Wildman–Crippen MR) is 86.0 cm³/mol. The Morgan fingerprint density at radius 1 is 1.36 bits per heavy atom. The molecule has 118 valence electrons. The van der Waals surface area contributed by atoms with Crippen LogP contribution in [0.15, 0.2) is 27.8 Å². The molecule has 6 nitrogen and oxygen atoms in total. The van der Waals surface area contributed by atoms with Crippen LogP contribution in [0.1, 0.15) is 13.8 Å². The third-order valence-electron chi connectivity index (χ3n) is 2.55. The van der Waals surface area contributed by atoms with E-state index in [-0.39, 0.29) is 30.2 Å². The molecule has 0 bridgehead atoms. The standard InChI is InChI=1S/C14H16ClN3O3S/c1-8(2)17-12(19)6-16-13(20)7-22-14-18-10-4-3-9(15)5-11(10)21-14/h3-5,8H,6-7H2,1-2H3,(H,16,20)(H,17,19). The number of amides is 2. The summed E-state index contributed by atoms with van der Waals surface area (Å²) in [5, 5.41) is 6.18. The maximum Gasteiger partial charge on any atom is 0.257 e. The van der Waals surface area contributed by atoms with Crippen LogP contribution in [0.3, 0.4) is 0 Å². The predicted octanol–water partition coefficient (Wildman–Crippen LogP) is 2.21. The molecule has 0 aliphatic rings. The summed E-state index contributed by atoms with van der Waals surface area (Å²) in [7, 11) is 0. The first-order chi connectivity index (χ1) is 10.4. The number of benzene rings is 1. The van der Waals surface area contributed by atoms with Crippen molar-refractivity contribution in [1.29, 1.82) is 0 Å². The van der Waals surface area contributed by atoms with E-state index in [9.17, 15) is 9.59 Å². The smallest absolute Gasteiger partial charge is 0.257 e. The fourth-order valence-corrected chi connectivity index (χ4v) is 2.50. The zero-order chi connectivity index (χ0) is 16.1. The highest BCUT2D eigenvalue weighted by Gasteiger charge is 2.11. The maximum atomic E-state index is 11.7. The van der Waals surface area contributed by atoms with E-state index in [1.54, 1.807) is 18.2 Å². The number of halogens is 1. The van der Waals surface area contributed by atoms with E-state index in [0.29, 0.717) is 21.3 Å². The van der Waals surface area contributed by atoms with Gasteiger partial charge >= 0.3 is 0 Å². The van der Waals surface area contributed by atoms with Gasteiger partial charge in [-0.2, -0.15) is 0 Å². The van der Waals surface area contributed by atoms with Crippen molar-refractivity contribution in [3.05, 3.63) is 23.2 Å². The molecule has 0 unspecified atom stereocenters. The third-order valence-corrected chi connectivity index (χ3v) is 3.62. The second kappa shape index (κ2) is 7.51. The van der Waals surface area contributed by atoms with Gasteiger partial charge in [-0.05, 0) is 26.0 Å². The molecule has 22 heavy (non-hydrogen) atoms. The molecule has 8 heteroatoms. The van der Waals surface area contributed by atoms with Gasteiger partial charge in [0.25, 0.3) is 5.22 Å². The van der Waals surface area contributed by atoms with Gasteiger partial charge in [0.2, 0.25) is 11.8 Å². The number of thioether (sulfide) groups is 1. The van der Waals surface area contributed by atoms with Crippen LogP contribution < -0.4 is 10.6 Å². The van der Waals surface area contributed by atoms with Crippen molar-refractivity contribution in [2.75, 3.05) is 12.3 Å². The maximum absolute atomic E-state index is 11.7. The van der Waals surface area contributed by atoms with Crippen molar-refractivity contribution in [2.24, 2.45) is 0 Å². The van der Waals surface area contributed by atoms with Gasteiger partial charge in [-0.15, -0.1) is 0 Å². The fraction of sp³-hybridized carbons (Fsp3) is 0.357. The average molecular weight is 342 g/mol. The molecule has 2 amide bonds. The van der Waals surface area contributed by atoms with Gasteiger partial charge in [0, 0.05) is 17.1 Å². The van der Waals surface area contributed by atoms with Crippen LogP contribution in [-0.4, -0.2) is 35.1 Å². The van der Waals surface area contributed by atoms with Crippen LogP contribution in [0.25, 0.3) is 11.1 Å². The first kappa shape index (κ1) is 16.6. The minimum atomic E-state index is -0.260. The molecule has 1 aromatic carbocycles. The van der Waals surface area contributed by atoms with Crippen molar-refractivity contribution in [3.8, 4) is 0 Å². The summed E-state index contributed by atoms with van der Waals surface area (Å²) in [5.41, 5.74) is 1.26. The molecule has 0 fully saturated rings. The van der Waals surface area contributed by atoms with Crippen LogP contribution in [-0.2, 0) is 9.59 Å². The van der Waals surface area contributed by atoms with Gasteiger partial charge in [0.1, 0.15) is 5.52 Å². The molecule has 0 atom stereocenters. The second-order valence-corrected chi connectivity index (χ2v) is 6.24. The highest BCUT2D eigenvalue weighted by atomic mass is 35.5. The first-order valence-electron chi connectivity index (χ1n) is 6.69. The quantitative estimate of drug-likeness (QED) is 0.787. The molecule has 2 rings (SSSR count). The van der Waals surface area contributed by atoms with E-state index in [0.717, 1.165) is 11.8 Å². The van der Waals surface area contributed by atoms with E-state index in [4.69, 9.17) is 16.0 Å². The second-order valence-electron chi connectivity index (χ2n) is 4.88. The van der Waals surface area contributed by atoms with Gasteiger partial charge in [0.05, 0.1) is 12.3 Å². The molecule has 0 spiro atoms. The normalized spacial score (nSPS) is 10.9. The molecule has 0 aliphatic carbocycles. The number of hydrogen-bond donors (Lipinski definition) is 2. The molecule has 0 aliphatic heterocycles. The highest BCUT2D eigenvalue weighted by Crippen LogP contribution is 2.25. The summed E-state index contributed by atoms with van der Waals surface area (Å²) < 4.78 is 5.49.